The molecule has 124 valence electrons. The third kappa shape index (κ3) is 2.96. The zero-order valence-corrected chi connectivity index (χ0v) is 12.7. The second-order valence-electron chi connectivity index (χ2n) is 5.71. The van der Waals surface area contributed by atoms with Crippen molar-refractivity contribution in [3.05, 3.63) is 40.2 Å². The van der Waals surface area contributed by atoms with Crippen molar-refractivity contribution in [3.63, 3.8) is 0 Å². The minimum Gasteiger partial charge on any atom is -0.462 e. The maximum Gasteiger partial charge on any atom is 0.336 e. The summed E-state index contributed by atoms with van der Waals surface area (Å²) in [7, 11) is 0. The minimum absolute atomic E-state index is 0.311. The van der Waals surface area contributed by atoms with Crippen LogP contribution in [0.15, 0.2) is 33.5 Å². The molecular formula is C16H18O7. The van der Waals surface area contributed by atoms with Crippen LogP contribution in [-0.4, -0.2) is 46.0 Å². The van der Waals surface area contributed by atoms with E-state index in [-0.39, 0.29) is 0 Å². The lowest BCUT2D eigenvalue weighted by Gasteiger charge is -2.38. The summed E-state index contributed by atoms with van der Waals surface area (Å²) in [4.78, 5) is 11.4. The number of ether oxygens (including phenoxy) is 2. The topological polar surface area (TPSA) is 109 Å². The number of hydrogen-bond acceptors (Lipinski definition) is 7. The van der Waals surface area contributed by atoms with E-state index < -0.39 is 36.3 Å². The molecule has 3 N–H and O–H groups in total. The maximum absolute atomic E-state index is 11.4. The molecule has 7 heteroatoms. The van der Waals surface area contributed by atoms with Gasteiger partial charge in [-0.3, -0.25) is 0 Å². The number of aliphatic hydroxyl groups excluding tert-OH is 3. The average molecular weight is 322 g/mol. The minimum atomic E-state index is -1.40. The van der Waals surface area contributed by atoms with Gasteiger partial charge in [-0.15, -0.1) is 0 Å². The molecule has 23 heavy (non-hydrogen) atoms. The number of fused-ring (bicyclic) bond motifs is 1. The predicted molar refractivity (Wildman–Crippen MR) is 80.2 cm³/mol. The molecule has 3 rings (SSSR count). The van der Waals surface area contributed by atoms with Crippen LogP contribution in [0.1, 0.15) is 12.5 Å². The van der Waals surface area contributed by atoms with Crippen molar-refractivity contribution in [1.29, 1.82) is 0 Å². The monoisotopic (exact) mass is 322 g/mol. The van der Waals surface area contributed by atoms with Gasteiger partial charge < -0.3 is 29.2 Å². The highest BCUT2D eigenvalue weighted by Gasteiger charge is 2.43. The molecule has 0 saturated carbocycles. The fourth-order valence-corrected chi connectivity index (χ4v) is 2.62. The third-order valence-electron chi connectivity index (χ3n) is 3.98. The first kappa shape index (κ1) is 15.9. The Balaban J connectivity index is 1.88. The summed E-state index contributed by atoms with van der Waals surface area (Å²) in [6.07, 6.45) is -5.80. The van der Waals surface area contributed by atoms with Gasteiger partial charge in [0.25, 0.3) is 0 Å². The van der Waals surface area contributed by atoms with E-state index in [1.165, 1.54) is 12.1 Å². The standard InChI is InChI=1S/C16H18O7/c1-7-5-12(17)23-11-6-9(3-4-10(7)11)22-16-15(20)14(19)13(18)8(2)21-16/h3-6,8,13-16,18-20H,1-2H3/t8-,13+,14+,15-,16-/m1/s1. The van der Waals surface area contributed by atoms with E-state index in [2.05, 4.69) is 0 Å². The Hall–Kier alpha value is -1.93. The zero-order chi connectivity index (χ0) is 16.7. The number of benzene rings is 1. The number of hydrogen-bond donors (Lipinski definition) is 3. The normalized spacial score (nSPS) is 31.3. The van der Waals surface area contributed by atoms with E-state index >= 15 is 0 Å². The summed E-state index contributed by atoms with van der Waals surface area (Å²) in [6.45, 7) is 3.37. The van der Waals surface area contributed by atoms with Gasteiger partial charge in [0.1, 0.15) is 29.6 Å². The van der Waals surface area contributed by atoms with Crippen molar-refractivity contribution in [2.75, 3.05) is 0 Å². The van der Waals surface area contributed by atoms with Gasteiger partial charge in [-0.25, -0.2) is 4.79 Å². The fraction of sp³-hybridized carbons (Fsp3) is 0.438. The van der Waals surface area contributed by atoms with Gasteiger partial charge in [0.15, 0.2) is 0 Å². The van der Waals surface area contributed by atoms with Crippen molar-refractivity contribution in [2.45, 2.75) is 44.6 Å². The van der Waals surface area contributed by atoms with Gasteiger partial charge in [0.05, 0.1) is 6.10 Å². The van der Waals surface area contributed by atoms with Crippen LogP contribution in [-0.2, 0) is 4.74 Å². The highest BCUT2D eigenvalue weighted by atomic mass is 16.7. The first-order valence-corrected chi connectivity index (χ1v) is 7.27. The quantitative estimate of drug-likeness (QED) is 0.683. The number of aryl methyl sites for hydroxylation is 1. The van der Waals surface area contributed by atoms with Crippen molar-refractivity contribution in [2.24, 2.45) is 0 Å². The molecule has 1 saturated heterocycles. The van der Waals surface area contributed by atoms with Gasteiger partial charge in [-0.05, 0) is 31.5 Å². The van der Waals surface area contributed by atoms with E-state index in [0.29, 0.717) is 11.3 Å². The summed E-state index contributed by atoms with van der Waals surface area (Å²) >= 11 is 0. The van der Waals surface area contributed by atoms with Crippen molar-refractivity contribution < 1.29 is 29.2 Å². The van der Waals surface area contributed by atoms with Crippen LogP contribution in [0.25, 0.3) is 11.0 Å². The molecule has 0 spiro atoms. The predicted octanol–water partition coefficient (Wildman–Crippen LogP) is 0.308. The molecule has 1 aliphatic rings. The number of rotatable bonds is 2. The van der Waals surface area contributed by atoms with Gasteiger partial charge in [-0.1, -0.05) is 0 Å². The molecule has 0 unspecified atom stereocenters. The summed E-state index contributed by atoms with van der Waals surface area (Å²) in [5.41, 5.74) is 0.670. The molecule has 1 aromatic heterocycles. The third-order valence-corrected chi connectivity index (χ3v) is 3.98. The summed E-state index contributed by atoms with van der Waals surface area (Å²) in [5.74, 6) is 0.311. The second kappa shape index (κ2) is 5.93. The van der Waals surface area contributed by atoms with E-state index in [1.807, 2.05) is 0 Å². The Morgan fingerprint density at radius 2 is 1.83 bits per heavy atom. The molecule has 1 aliphatic heterocycles. The molecular weight excluding hydrogens is 304 g/mol. The Morgan fingerprint density at radius 3 is 2.57 bits per heavy atom. The largest absolute Gasteiger partial charge is 0.462 e. The van der Waals surface area contributed by atoms with Crippen molar-refractivity contribution >= 4 is 11.0 Å². The van der Waals surface area contributed by atoms with Crippen LogP contribution >= 0.6 is 0 Å². The summed E-state index contributed by atoms with van der Waals surface area (Å²) in [5, 5.41) is 30.2. The van der Waals surface area contributed by atoms with E-state index in [4.69, 9.17) is 13.9 Å². The van der Waals surface area contributed by atoms with Crippen molar-refractivity contribution in [3.8, 4) is 5.75 Å². The van der Waals surface area contributed by atoms with Gasteiger partial charge in [-0.2, -0.15) is 0 Å². The second-order valence-corrected chi connectivity index (χ2v) is 5.71. The molecule has 2 aromatic rings. The number of aliphatic hydroxyl groups is 3. The Kier molecular flexibility index (Phi) is 4.11. The zero-order valence-electron chi connectivity index (χ0n) is 12.7. The lowest BCUT2D eigenvalue weighted by Crippen LogP contribution is -2.58. The molecule has 1 aromatic carbocycles. The fourth-order valence-electron chi connectivity index (χ4n) is 2.62. The van der Waals surface area contributed by atoms with Crippen LogP contribution in [0.4, 0.5) is 0 Å². The van der Waals surface area contributed by atoms with Crippen LogP contribution in [0.5, 0.6) is 5.75 Å². The Morgan fingerprint density at radius 1 is 1.09 bits per heavy atom. The highest BCUT2D eigenvalue weighted by Crippen LogP contribution is 2.27. The van der Waals surface area contributed by atoms with Crippen LogP contribution < -0.4 is 10.4 Å². The molecule has 0 amide bonds. The summed E-state index contributed by atoms with van der Waals surface area (Å²) < 4.78 is 16.0. The van der Waals surface area contributed by atoms with E-state index in [0.717, 1.165) is 10.9 Å². The maximum atomic E-state index is 11.4. The lowest BCUT2D eigenvalue weighted by molar-refractivity contribution is -0.268. The lowest BCUT2D eigenvalue weighted by atomic mass is 10.00. The molecule has 5 atom stereocenters. The Bertz CT molecular complexity index is 769. The molecule has 0 radical (unpaired) electrons. The van der Waals surface area contributed by atoms with Gasteiger partial charge >= 0.3 is 5.63 Å². The molecule has 0 bridgehead atoms. The van der Waals surface area contributed by atoms with E-state index in [9.17, 15) is 20.1 Å². The first-order chi connectivity index (χ1) is 10.9. The first-order valence-electron chi connectivity index (χ1n) is 7.27. The van der Waals surface area contributed by atoms with Gasteiger partial charge in [0.2, 0.25) is 6.29 Å². The Labute approximate surface area is 131 Å². The smallest absolute Gasteiger partial charge is 0.336 e. The van der Waals surface area contributed by atoms with Crippen molar-refractivity contribution in [1.82, 2.24) is 0 Å². The highest BCUT2D eigenvalue weighted by molar-refractivity contribution is 5.81. The van der Waals surface area contributed by atoms with Crippen LogP contribution in [0.2, 0.25) is 0 Å². The van der Waals surface area contributed by atoms with Gasteiger partial charge in [0, 0.05) is 17.5 Å². The summed E-state index contributed by atoms with van der Waals surface area (Å²) in [6, 6.07) is 6.29. The molecule has 0 aliphatic carbocycles. The van der Waals surface area contributed by atoms with Crippen LogP contribution in [0, 0.1) is 6.92 Å². The average Bonchev–Trinajstić information content (AvgIpc) is 2.50. The van der Waals surface area contributed by atoms with Crippen LogP contribution in [0.3, 0.4) is 0 Å². The molecule has 7 nitrogen and oxygen atoms in total. The SMILES string of the molecule is Cc1cc(=O)oc2cc(O[C@H]3O[C@H](C)[C@H](O)[C@H](O)[C@H]3O)ccc12. The van der Waals surface area contributed by atoms with E-state index in [1.54, 1.807) is 26.0 Å². The molecule has 2 heterocycles. The molecule has 1 fully saturated rings.